The number of carbonyl (C=O) groups is 1. The predicted octanol–water partition coefficient (Wildman–Crippen LogP) is 2.20. The molecular weight excluding hydrogens is 322 g/mol. The second kappa shape index (κ2) is 7.96. The fourth-order valence-corrected chi connectivity index (χ4v) is 2.53. The molecule has 3 rings (SSSR count). The third-order valence-corrected chi connectivity index (χ3v) is 3.88. The van der Waals surface area contributed by atoms with E-state index in [0.29, 0.717) is 30.5 Å². The first kappa shape index (κ1) is 17.2. The van der Waals surface area contributed by atoms with E-state index in [0.717, 1.165) is 5.75 Å². The summed E-state index contributed by atoms with van der Waals surface area (Å²) in [6, 6.07) is 10.3. The molecule has 1 aromatic heterocycles. The molecule has 2 N–H and O–H groups in total. The number of nitrogens with one attached hydrogen (secondary N) is 2. The van der Waals surface area contributed by atoms with Gasteiger partial charge in [0, 0.05) is 12.6 Å². The third-order valence-electron chi connectivity index (χ3n) is 3.88. The van der Waals surface area contributed by atoms with Crippen molar-refractivity contribution < 1.29 is 19.0 Å². The number of anilines is 1. The molecule has 0 radical (unpaired) electrons. The number of pyridine rings is 1. The largest absolute Gasteiger partial charge is 0.497 e. The van der Waals surface area contributed by atoms with E-state index in [1.165, 1.54) is 0 Å². The molecule has 7 nitrogen and oxygen atoms in total. The van der Waals surface area contributed by atoms with Crippen molar-refractivity contribution in [3.8, 4) is 17.4 Å². The first-order chi connectivity index (χ1) is 12.2. The van der Waals surface area contributed by atoms with Crippen molar-refractivity contribution in [2.45, 2.75) is 19.1 Å². The number of aromatic nitrogens is 1. The molecule has 1 fully saturated rings. The summed E-state index contributed by atoms with van der Waals surface area (Å²) in [4.78, 5) is 16.5. The second-order valence-electron chi connectivity index (χ2n) is 5.66. The number of benzene rings is 1. The van der Waals surface area contributed by atoms with E-state index in [4.69, 9.17) is 14.2 Å². The molecule has 0 bridgehead atoms. The van der Waals surface area contributed by atoms with Gasteiger partial charge in [-0.2, -0.15) is 0 Å². The number of hydrogen-bond donors (Lipinski definition) is 2. The number of rotatable bonds is 5. The molecule has 0 saturated carbocycles. The van der Waals surface area contributed by atoms with E-state index < -0.39 is 0 Å². The zero-order valence-electron chi connectivity index (χ0n) is 14.2. The molecule has 1 aliphatic rings. The van der Waals surface area contributed by atoms with Crippen LogP contribution >= 0.6 is 0 Å². The minimum Gasteiger partial charge on any atom is -0.497 e. The summed E-state index contributed by atoms with van der Waals surface area (Å²) < 4.78 is 16.2. The molecule has 0 spiro atoms. The first-order valence-corrected chi connectivity index (χ1v) is 8.09. The Bertz CT molecular complexity index is 703. The van der Waals surface area contributed by atoms with Crippen LogP contribution in [0.25, 0.3) is 0 Å². The summed E-state index contributed by atoms with van der Waals surface area (Å²) in [7, 11) is 1.61. The molecule has 132 valence electrons. The van der Waals surface area contributed by atoms with Gasteiger partial charge in [-0.25, -0.2) is 4.98 Å². The lowest BCUT2D eigenvalue weighted by Gasteiger charge is -2.29. The summed E-state index contributed by atoms with van der Waals surface area (Å²) in [5, 5.41) is 5.98. The second-order valence-corrected chi connectivity index (χ2v) is 5.66. The fourth-order valence-electron chi connectivity index (χ4n) is 2.53. The number of hydrogen-bond acceptors (Lipinski definition) is 6. The maximum atomic E-state index is 12.3. The van der Waals surface area contributed by atoms with Gasteiger partial charge in [-0.1, -0.05) is 0 Å². The van der Waals surface area contributed by atoms with Crippen molar-refractivity contribution in [3.05, 3.63) is 42.6 Å². The highest BCUT2D eigenvalue weighted by Gasteiger charge is 2.28. The summed E-state index contributed by atoms with van der Waals surface area (Å²) in [6.07, 6.45) is 1.39. The molecule has 1 saturated heterocycles. The van der Waals surface area contributed by atoms with Crippen LogP contribution in [0.4, 0.5) is 5.69 Å². The van der Waals surface area contributed by atoms with E-state index in [1.54, 1.807) is 37.6 Å². The Hall–Kier alpha value is -2.64. The molecule has 1 aromatic carbocycles. The Morgan fingerprint density at radius 3 is 2.64 bits per heavy atom. The molecular formula is C18H21N3O4. The SMILES string of the molecule is COc1ccc(Oc2ccc(NC(=O)[C@H]3NCCO[C@@H]3C)cn2)cc1. The Balaban J connectivity index is 1.58. The van der Waals surface area contributed by atoms with Crippen LogP contribution in [-0.2, 0) is 9.53 Å². The number of methoxy groups -OCH3 is 1. The van der Waals surface area contributed by atoms with Crippen molar-refractivity contribution >= 4 is 11.6 Å². The van der Waals surface area contributed by atoms with Gasteiger partial charge in [0.25, 0.3) is 0 Å². The lowest BCUT2D eigenvalue weighted by molar-refractivity contribution is -0.123. The molecule has 2 aromatic rings. The number of amides is 1. The monoisotopic (exact) mass is 343 g/mol. The van der Waals surface area contributed by atoms with E-state index in [9.17, 15) is 4.79 Å². The molecule has 7 heteroatoms. The quantitative estimate of drug-likeness (QED) is 0.866. The van der Waals surface area contributed by atoms with E-state index in [1.807, 2.05) is 19.1 Å². The Kier molecular flexibility index (Phi) is 5.47. The highest BCUT2D eigenvalue weighted by molar-refractivity contribution is 5.95. The average Bonchev–Trinajstić information content (AvgIpc) is 2.64. The molecule has 1 aliphatic heterocycles. The number of morpholine rings is 1. The standard InChI is InChI=1S/C18H21N3O4/c1-12-17(19-9-10-24-12)18(22)21-13-3-8-16(20-11-13)25-15-6-4-14(23-2)5-7-15/h3-8,11-12,17,19H,9-10H2,1-2H3,(H,21,22)/t12-,17+/m1/s1. The zero-order chi connectivity index (χ0) is 17.6. The van der Waals surface area contributed by atoms with Crippen molar-refractivity contribution in [1.82, 2.24) is 10.3 Å². The van der Waals surface area contributed by atoms with Crippen LogP contribution in [0.3, 0.4) is 0 Å². The zero-order valence-corrected chi connectivity index (χ0v) is 14.2. The van der Waals surface area contributed by atoms with Gasteiger partial charge in [0.15, 0.2) is 0 Å². The van der Waals surface area contributed by atoms with E-state index in [2.05, 4.69) is 15.6 Å². The fraction of sp³-hybridized carbons (Fsp3) is 0.333. The van der Waals surface area contributed by atoms with Crippen molar-refractivity contribution in [2.24, 2.45) is 0 Å². The van der Waals surface area contributed by atoms with Crippen LogP contribution < -0.4 is 20.1 Å². The summed E-state index contributed by atoms with van der Waals surface area (Å²) in [5.74, 6) is 1.71. The van der Waals surface area contributed by atoms with Gasteiger partial charge in [0.1, 0.15) is 17.5 Å². The summed E-state index contributed by atoms with van der Waals surface area (Å²) in [6.45, 7) is 3.15. The minimum atomic E-state index is -0.371. The Morgan fingerprint density at radius 1 is 1.24 bits per heavy atom. The maximum Gasteiger partial charge on any atom is 0.244 e. The van der Waals surface area contributed by atoms with Gasteiger partial charge in [-0.3, -0.25) is 4.79 Å². The Morgan fingerprint density at radius 2 is 2.00 bits per heavy atom. The normalized spacial score (nSPS) is 19.9. The lowest BCUT2D eigenvalue weighted by atomic mass is 10.1. The highest BCUT2D eigenvalue weighted by atomic mass is 16.5. The molecule has 0 aliphatic carbocycles. The molecule has 25 heavy (non-hydrogen) atoms. The first-order valence-electron chi connectivity index (χ1n) is 8.09. The number of ether oxygens (including phenoxy) is 3. The van der Waals surface area contributed by atoms with Gasteiger partial charge >= 0.3 is 0 Å². The van der Waals surface area contributed by atoms with Gasteiger partial charge in [-0.05, 0) is 37.3 Å². The van der Waals surface area contributed by atoms with Crippen molar-refractivity contribution in [3.63, 3.8) is 0 Å². The number of nitrogens with zero attached hydrogens (tertiary/aromatic N) is 1. The van der Waals surface area contributed by atoms with E-state index in [-0.39, 0.29) is 18.1 Å². The van der Waals surface area contributed by atoms with E-state index >= 15 is 0 Å². The van der Waals surface area contributed by atoms with Crippen molar-refractivity contribution in [1.29, 1.82) is 0 Å². The topological polar surface area (TPSA) is 81.7 Å². The third kappa shape index (κ3) is 4.46. The molecule has 2 atom stereocenters. The minimum absolute atomic E-state index is 0.141. The lowest BCUT2D eigenvalue weighted by Crippen LogP contribution is -2.53. The van der Waals surface area contributed by atoms with Gasteiger partial charge in [-0.15, -0.1) is 0 Å². The van der Waals surface area contributed by atoms with Crippen LogP contribution in [-0.4, -0.2) is 43.3 Å². The van der Waals surface area contributed by atoms with Crippen LogP contribution in [0, 0.1) is 0 Å². The Labute approximate surface area is 146 Å². The number of carbonyl (C=O) groups excluding carboxylic acids is 1. The average molecular weight is 343 g/mol. The van der Waals surface area contributed by atoms with Gasteiger partial charge < -0.3 is 24.8 Å². The highest BCUT2D eigenvalue weighted by Crippen LogP contribution is 2.23. The van der Waals surface area contributed by atoms with Gasteiger partial charge in [0.05, 0.1) is 31.7 Å². The van der Waals surface area contributed by atoms with Crippen LogP contribution in [0.2, 0.25) is 0 Å². The predicted molar refractivity (Wildman–Crippen MR) is 93.1 cm³/mol. The van der Waals surface area contributed by atoms with Gasteiger partial charge in [0.2, 0.25) is 11.8 Å². The molecule has 0 unspecified atom stereocenters. The van der Waals surface area contributed by atoms with Crippen LogP contribution in [0.15, 0.2) is 42.6 Å². The molecule has 1 amide bonds. The molecule has 2 heterocycles. The smallest absolute Gasteiger partial charge is 0.244 e. The van der Waals surface area contributed by atoms with Crippen LogP contribution in [0.1, 0.15) is 6.92 Å². The maximum absolute atomic E-state index is 12.3. The summed E-state index contributed by atoms with van der Waals surface area (Å²) in [5.41, 5.74) is 0.603. The van der Waals surface area contributed by atoms with Crippen LogP contribution in [0.5, 0.6) is 17.4 Å². The summed E-state index contributed by atoms with van der Waals surface area (Å²) >= 11 is 0. The van der Waals surface area contributed by atoms with Crippen molar-refractivity contribution in [2.75, 3.05) is 25.6 Å².